The molecule has 0 unspecified atom stereocenters. The molecular formula is C13H22N4. The van der Waals surface area contributed by atoms with Crippen LogP contribution in [-0.4, -0.2) is 29.2 Å². The molecule has 94 valence electrons. The summed E-state index contributed by atoms with van der Waals surface area (Å²) < 4.78 is 2.39. The highest BCUT2D eigenvalue weighted by atomic mass is 15.3. The van der Waals surface area contributed by atoms with Crippen LogP contribution in [0, 0.1) is 12.8 Å². The number of aryl methyl sites for hydroxylation is 1. The third kappa shape index (κ3) is 2.18. The fourth-order valence-electron chi connectivity index (χ4n) is 2.73. The highest BCUT2D eigenvalue weighted by molar-refractivity contribution is 5.35. The van der Waals surface area contributed by atoms with Crippen molar-refractivity contribution in [3.05, 3.63) is 11.9 Å². The van der Waals surface area contributed by atoms with E-state index in [9.17, 15) is 0 Å². The first-order valence-corrected chi connectivity index (χ1v) is 6.78. The number of anilines is 1. The summed E-state index contributed by atoms with van der Waals surface area (Å²) in [7, 11) is 0. The van der Waals surface area contributed by atoms with Crippen LogP contribution in [-0.2, 0) is 0 Å². The fraction of sp³-hybridized carbons (Fsp3) is 0.769. The second-order valence-corrected chi connectivity index (χ2v) is 5.49. The summed E-state index contributed by atoms with van der Waals surface area (Å²) in [4.78, 5) is 7.15. The van der Waals surface area contributed by atoms with Crippen molar-refractivity contribution in [1.82, 2.24) is 9.55 Å². The lowest BCUT2D eigenvalue weighted by Gasteiger charge is -2.32. The SMILES string of the molecule is Cc1cn(C2CC2)c(N2CCC(CN)CC2)n1. The molecule has 0 atom stereocenters. The predicted octanol–water partition coefficient (Wildman–Crippen LogP) is 1.70. The van der Waals surface area contributed by atoms with Crippen LogP contribution < -0.4 is 10.6 Å². The van der Waals surface area contributed by atoms with Gasteiger partial charge in [0.1, 0.15) is 0 Å². The maximum atomic E-state index is 5.74. The molecule has 2 fully saturated rings. The highest BCUT2D eigenvalue weighted by Gasteiger charge is 2.29. The van der Waals surface area contributed by atoms with Crippen molar-refractivity contribution in [2.45, 2.75) is 38.6 Å². The number of hydrogen-bond donors (Lipinski definition) is 1. The Morgan fingerprint density at radius 2 is 2.00 bits per heavy atom. The summed E-state index contributed by atoms with van der Waals surface area (Å²) in [6.45, 7) is 5.16. The van der Waals surface area contributed by atoms with Gasteiger partial charge in [0.2, 0.25) is 5.95 Å². The van der Waals surface area contributed by atoms with E-state index in [4.69, 9.17) is 10.7 Å². The third-order valence-electron chi connectivity index (χ3n) is 4.00. The molecule has 1 saturated carbocycles. The van der Waals surface area contributed by atoms with Gasteiger partial charge in [-0.15, -0.1) is 0 Å². The van der Waals surface area contributed by atoms with Crippen molar-refractivity contribution in [1.29, 1.82) is 0 Å². The summed E-state index contributed by atoms with van der Waals surface area (Å²) in [6.07, 6.45) is 7.28. The zero-order valence-electron chi connectivity index (χ0n) is 10.6. The lowest BCUT2D eigenvalue weighted by atomic mass is 9.97. The molecular weight excluding hydrogens is 212 g/mol. The van der Waals surface area contributed by atoms with Gasteiger partial charge in [-0.1, -0.05) is 0 Å². The van der Waals surface area contributed by atoms with Crippen LogP contribution in [0.25, 0.3) is 0 Å². The van der Waals surface area contributed by atoms with Gasteiger partial charge in [-0.3, -0.25) is 0 Å². The number of piperidine rings is 1. The molecule has 1 aliphatic heterocycles. The highest BCUT2D eigenvalue weighted by Crippen LogP contribution is 2.38. The lowest BCUT2D eigenvalue weighted by Crippen LogP contribution is -2.37. The van der Waals surface area contributed by atoms with Crippen molar-refractivity contribution >= 4 is 5.95 Å². The molecule has 4 nitrogen and oxygen atoms in total. The largest absolute Gasteiger partial charge is 0.342 e. The molecule has 1 aromatic heterocycles. The normalized spacial score (nSPS) is 22.1. The van der Waals surface area contributed by atoms with Crippen molar-refractivity contribution < 1.29 is 0 Å². The first kappa shape index (κ1) is 11.1. The summed E-state index contributed by atoms with van der Waals surface area (Å²) in [5, 5.41) is 0. The summed E-state index contributed by atoms with van der Waals surface area (Å²) in [6, 6.07) is 0.721. The number of nitrogens with two attached hydrogens (primary N) is 1. The molecule has 0 bridgehead atoms. The molecule has 1 aliphatic carbocycles. The topological polar surface area (TPSA) is 47.1 Å². The summed E-state index contributed by atoms with van der Waals surface area (Å²) >= 11 is 0. The maximum Gasteiger partial charge on any atom is 0.205 e. The van der Waals surface area contributed by atoms with Crippen molar-refractivity contribution in [2.75, 3.05) is 24.5 Å². The van der Waals surface area contributed by atoms with E-state index in [1.807, 2.05) is 0 Å². The molecule has 0 amide bonds. The lowest BCUT2D eigenvalue weighted by molar-refractivity contribution is 0.408. The minimum absolute atomic E-state index is 0.719. The van der Waals surface area contributed by atoms with E-state index in [-0.39, 0.29) is 0 Å². The van der Waals surface area contributed by atoms with Crippen LogP contribution >= 0.6 is 0 Å². The van der Waals surface area contributed by atoms with E-state index in [0.29, 0.717) is 0 Å². The Hall–Kier alpha value is -1.03. The molecule has 2 heterocycles. The summed E-state index contributed by atoms with van der Waals surface area (Å²) in [5.41, 5.74) is 6.89. The zero-order chi connectivity index (χ0) is 11.8. The van der Waals surface area contributed by atoms with Gasteiger partial charge < -0.3 is 15.2 Å². The van der Waals surface area contributed by atoms with Gasteiger partial charge in [0.05, 0.1) is 5.69 Å². The number of imidazole rings is 1. The van der Waals surface area contributed by atoms with Crippen LogP contribution in [0.4, 0.5) is 5.95 Å². The van der Waals surface area contributed by atoms with Crippen LogP contribution in [0.5, 0.6) is 0 Å². The first-order chi connectivity index (χ1) is 8.28. The van der Waals surface area contributed by atoms with E-state index >= 15 is 0 Å². The number of nitrogens with zero attached hydrogens (tertiary/aromatic N) is 3. The van der Waals surface area contributed by atoms with Gasteiger partial charge in [-0.05, 0) is 45.1 Å². The van der Waals surface area contributed by atoms with Crippen molar-refractivity contribution in [3.63, 3.8) is 0 Å². The molecule has 3 rings (SSSR count). The number of hydrogen-bond acceptors (Lipinski definition) is 3. The zero-order valence-corrected chi connectivity index (χ0v) is 10.6. The van der Waals surface area contributed by atoms with Crippen LogP contribution in [0.2, 0.25) is 0 Å². The average Bonchev–Trinajstić information content (AvgIpc) is 3.13. The van der Waals surface area contributed by atoms with Crippen LogP contribution in [0.1, 0.15) is 37.4 Å². The number of aromatic nitrogens is 2. The molecule has 0 spiro atoms. The second-order valence-electron chi connectivity index (χ2n) is 5.49. The number of rotatable bonds is 3. The van der Waals surface area contributed by atoms with E-state index < -0.39 is 0 Å². The average molecular weight is 234 g/mol. The maximum absolute atomic E-state index is 5.74. The van der Waals surface area contributed by atoms with Gasteiger partial charge in [-0.2, -0.15) is 0 Å². The van der Waals surface area contributed by atoms with Gasteiger partial charge in [0.15, 0.2) is 0 Å². The minimum Gasteiger partial charge on any atom is -0.342 e. The molecule has 2 N–H and O–H groups in total. The quantitative estimate of drug-likeness (QED) is 0.866. The Labute approximate surface area is 103 Å². The van der Waals surface area contributed by atoms with Gasteiger partial charge in [0.25, 0.3) is 0 Å². The van der Waals surface area contributed by atoms with Gasteiger partial charge >= 0.3 is 0 Å². The van der Waals surface area contributed by atoms with Gasteiger partial charge in [0, 0.05) is 25.3 Å². The Kier molecular flexibility index (Phi) is 2.82. The molecule has 17 heavy (non-hydrogen) atoms. The van der Waals surface area contributed by atoms with E-state index in [1.165, 1.54) is 31.6 Å². The molecule has 4 heteroatoms. The Morgan fingerprint density at radius 3 is 2.59 bits per heavy atom. The van der Waals surface area contributed by atoms with E-state index in [1.54, 1.807) is 0 Å². The molecule has 0 aromatic carbocycles. The first-order valence-electron chi connectivity index (χ1n) is 6.78. The van der Waals surface area contributed by atoms with Crippen molar-refractivity contribution in [3.8, 4) is 0 Å². The minimum atomic E-state index is 0.719. The fourth-order valence-corrected chi connectivity index (χ4v) is 2.73. The van der Waals surface area contributed by atoms with E-state index in [0.717, 1.165) is 37.3 Å². The molecule has 1 aromatic rings. The third-order valence-corrected chi connectivity index (χ3v) is 4.00. The Bertz CT molecular complexity index is 386. The van der Waals surface area contributed by atoms with Crippen molar-refractivity contribution in [2.24, 2.45) is 11.7 Å². The smallest absolute Gasteiger partial charge is 0.205 e. The second kappa shape index (κ2) is 4.33. The van der Waals surface area contributed by atoms with Crippen LogP contribution in [0.15, 0.2) is 6.20 Å². The molecule has 0 radical (unpaired) electrons. The van der Waals surface area contributed by atoms with E-state index in [2.05, 4.69) is 22.6 Å². The Morgan fingerprint density at radius 1 is 1.29 bits per heavy atom. The standard InChI is InChI=1S/C13H22N4/c1-10-9-17(12-2-3-12)13(15-10)16-6-4-11(8-14)5-7-16/h9,11-12H,2-8,14H2,1H3. The van der Waals surface area contributed by atoms with Gasteiger partial charge in [-0.25, -0.2) is 4.98 Å². The molecule has 2 aliphatic rings. The summed E-state index contributed by atoms with van der Waals surface area (Å²) in [5.74, 6) is 1.91. The Balaban J connectivity index is 1.75. The monoisotopic (exact) mass is 234 g/mol. The predicted molar refractivity (Wildman–Crippen MR) is 69.2 cm³/mol. The van der Waals surface area contributed by atoms with Crippen LogP contribution in [0.3, 0.4) is 0 Å². The molecule has 1 saturated heterocycles.